The maximum absolute atomic E-state index is 4.36. The van der Waals surface area contributed by atoms with Crippen LogP contribution in [0.15, 0.2) is 36.0 Å². The van der Waals surface area contributed by atoms with Crippen molar-refractivity contribution in [2.24, 2.45) is 5.92 Å². The number of fused-ring (bicyclic) bond motifs is 1. The van der Waals surface area contributed by atoms with Crippen LogP contribution < -0.4 is 0 Å². The summed E-state index contributed by atoms with van der Waals surface area (Å²) in [6, 6.07) is 8.76. The molecular weight excluding hydrogens is 328 g/mol. The molecule has 0 radical (unpaired) electrons. The van der Waals surface area contributed by atoms with E-state index in [1.54, 1.807) is 11.3 Å². The van der Waals surface area contributed by atoms with Crippen LogP contribution >= 0.6 is 11.3 Å². The van der Waals surface area contributed by atoms with E-state index >= 15 is 0 Å². The molecule has 1 aliphatic heterocycles. The van der Waals surface area contributed by atoms with E-state index in [1.165, 1.54) is 53.1 Å². The summed E-state index contributed by atoms with van der Waals surface area (Å²) in [6.45, 7) is 7.75. The van der Waals surface area contributed by atoms with Crippen LogP contribution in [0.3, 0.4) is 0 Å². The molecule has 0 unspecified atom stereocenters. The minimum absolute atomic E-state index is 0.765. The lowest BCUT2D eigenvalue weighted by Crippen LogP contribution is -2.28. The van der Waals surface area contributed by atoms with E-state index in [9.17, 15) is 0 Å². The Kier molecular flexibility index (Phi) is 4.88. The third-order valence-corrected chi connectivity index (χ3v) is 6.19. The summed E-state index contributed by atoms with van der Waals surface area (Å²) in [5, 5.41) is 1.31. The van der Waals surface area contributed by atoms with E-state index < -0.39 is 0 Å². The summed E-state index contributed by atoms with van der Waals surface area (Å²) in [4.78, 5) is 14.2. The van der Waals surface area contributed by atoms with Crippen molar-refractivity contribution in [1.82, 2.24) is 19.8 Å². The standard InChI is InChI=1S/C20H26N4S/c1-15-19(25-14-22-15)13-23(2)10-16-7-9-24(11-16)12-18-5-3-4-17-6-8-21-20(17)18/h3-6,8,14,16,21H,7,9-13H2,1-2H3/t16-/m0/s1. The summed E-state index contributed by atoms with van der Waals surface area (Å²) in [6.07, 6.45) is 3.34. The van der Waals surface area contributed by atoms with Gasteiger partial charge in [-0.25, -0.2) is 4.98 Å². The second-order valence-corrected chi connectivity index (χ2v) is 8.25. The fourth-order valence-electron chi connectivity index (χ4n) is 3.96. The van der Waals surface area contributed by atoms with Gasteiger partial charge in [-0.05, 0) is 49.9 Å². The first-order valence-electron chi connectivity index (χ1n) is 9.04. The smallest absolute Gasteiger partial charge is 0.0798 e. The largest absolute Gasteiger partial charge is 0.361 e. The Hall–Kier alpha value is -1.69. The van der Waals surface area contributed by atoms with Crippen molar-refractivity contribution in [2.75, 3.05) is 26.7 Å². The number of hydrogen-bond donors (Lipinski definition) is 1. The number of H-pyrrole nitrogens is 1. The highest BCUT2D eigenvalue weighted by molar-refractivity contribution is 7.09. The quantitative estimate of drug-likeness (QED) is 0.729. The molecule has 0 amide bonds. The lowest BCUT2D eigenvalue weighted by molar-refractivity contribution is 0.256. The number of likely N-dealkylation sites (tertiary alicyclic amines) is 1. The first-order chi connectivity index (χ1) is 12.2. The number of aryl methyl sites for hydroxylation is 1. The molecule has 25 heavy (non-hydrogen) atoms. The Morgan fingerprint density at radius 2 is 2.28 bits per heavy atom. The molecule has 5 heteroatoms. The van der Waals surface area contributed by atoms with E-state index in [-0.39, 0.29) is 0 Å². The first-order valence-corrected chi connectivity index (χ1v) is 9.92. The number of thiazole rings is 1. The van der Waals surface area contributed by atoms with Gasteiger partial charge < -0.3 is 9.88 Å². The minimum atomic E-state index is 0.765. The lowest BCUT2D eigenvalue weighted by atomic mass is 10.1. The fraction of sp³-hybridized carbons (Fsp3) is 0.450. The van der Waals surface area contributed by atoms with E-state index in [0.29, 0.717) is 0 Å². The van der Waals surface area contributed by atoms with E-state index in [4.69, 9.17) is 0 Å². The molecule has 1 aliphatic rings. The normalized spacial score (nSPS) is 18.6. The van der Waals surface area contributed by atoms with Crippen molar-refractivity contribution in [3.63, 3.8) is 0 Å². The molecule has 0 bridgehead atoms. The number of aromatic nitrogens is 2. The molecule has 4 nitrogen and oxygen atoms in total. The fourth-order valence-corrected chi connectivity index (χ4v) is 4.81. The molecule has 1 N–H and O–H groups in total. The average molecular weight is 355 g/mol. The van der Waals surface area contributed by atoms with Crippen molar-refractivity contribution in [2.45, 2.75) is 26.4 Å². The number of rotatable bonds is 6. The molecule has 2 aromatic heterocycles. The van der Waals surface area contributed by atoms with Gasteiger partial charge in [0.15, 0.2) is 0 Å². The molecule has 0 saturated carbocycles. The van der Waals surface area contributed by atoms with Crippen LogP contribution in [0.4, 0.5) is 0 Å². The second-order valence-electron chi connectivity index (χ2n) is 7.31. The Morgan fingerprint density at radius 3 is 3.12 bits per heavy atom. The highest BCUT2D eigenvalue weighted by atomic mass is 32.1. The predicted octanol–water partition coefficient (Wildman–Crippen LogP) is 3.89. The first kappa shape index (κ1) is 16.8. The monoisotopic (exact) mass is 354 g/mol. The molecule has 1 fully saturated rings. The predicted molar refractivity (Wildman–Crippen MR) is 105 cm³/mol. The van der Waals surface area contributed by atoms with E-state index in [1.807, 2.05) is 11.7 Å². The molecule has 132 valence electrons. The topological polar surface area (TPSA) is 35.2 Å². The van der Waals surface area contributed by atoms with Gasteiger partial charge in [0.05, 0.1) is 11.2 Å². The molecule has 3 heterocycles. The molecule has 3 aromatic rings. The van der Waals surface area contributed by atoms with Crippen LogP contribution in [-0.2, 0) is 13.1 Å². The SMILES string of the molecule is Cc1ncsc1CN(C)C[C@@H]1CCN(Cc2cccc3cc[nH]c23)C1. The Labute approximate surface area is 153 Å². The zero-order chi connectivity index (χ0) is 17.2. The molecule has 1 saturated heterocycles. The van der Waals surface area contributed by atoms with Gasteiger partial charge in [-0.15, -0.1) is 11.3 Å². The molecule has 1 atom stereocenters. The van der Waals surface area contributed by atoms with Crippen molar-refractivity contribution in [1.29, 1.82) is 0 Å². The van der Waals surface area contributed by atoms with Crippen LogP contribution in [0, 0.1) is 12.8 Å². The summed E-state index contributed by atoms with van der Waals surface area (Å²) in [5.41, 5.74) is 5.85. The summed E-state index contributed by atoms with van der Waals surface area (Å²) in [5.74, 6) is 0.765. The summed E-state index contributed by atoms with van der Waals surface area (Å²) in [7, 11) is 2.24. The van der Waals surface area contributed by atoms with Gasteiger partial charge in [-0.1, -0.05) is 18.2 Å². The molecule has 4 rings (SSSR count). The molecule has 1 aromatic carbocycles. The number of benzene rings is 1. The van der Waals surface area contributed by atoms with Crippen LogP contribution in [0.1, 0.15) is 22.6 Å². The van der Waals surface area contributed by atoms with Crippen LogP contribution in [0.5, 0.6) is 0 Å². The highest BCUT2D eigenvalue weighted by Gasteiger charge is 2.24. The van der Waals surface area contributed by atoms with Gasteiger partial charge in [-0.3, -0.25) is 4.90 Å². The van der Waals surface area contributed by atoms with Crippen molar-refractivity contribution in [3.8, 4) is 0 Å². The zero-order valence-corrected chi connectivity index (χ0v) is 15.9. The Morgan fingerprint density at radius 1 is 1.36 bits per heavy atom. The van der Waals surface area contributed by atoms with Gasteiger partial charge in [0.1, 0.15) is 0 Å². The van der Waals surface area contributed by atoms with Gasteiger partial charge in [0.25, 0.3) is 0 Å². The minimum Gasteiger partial charge on any atom is -0.361 e. The van der Waals surface area contributed by atoms with Gasteiger partial charge in [0, 0.05) is 42.8 Å². The van der Waals surface area contributed by atoms with Gasteiger partial charge in [0.2, 0.25) is 0 Å². The molecule has 0 spiro atoms. The van der Waals surface area contributed by atoms with Crippen molar-refractivity contribution in [3.05, 3.63) is 52.1 Å². The number of para-hydroxylation sites is 1. The number of nitrogens with zero attached hydrogens (tertiary/aromatic N) is 3. The zero-order valence-electron chi connectivity index (χ0n) is 15.0. The number of hydrogen-bond acceptors (Lipinski definition) is 4. The number of nitrogens with one attached hydrogen (secondary N) is 1. The van der Waals surface area contributed by atoms with Crippen LogP contribution in [0.2, 0.25) is 0 Å². The van der Waals surface area contributed by atoms with Crippen LogP contribution in [0.25, 0.3) is 10.9 Å². The van der Waals surface area contributed by atoms with E-state index in [2.05, 4.69) is 58.0 Å². The lowest BCUT2D eigenvalue weighted by Gasteiger charge is -2.21. The third kappa shape index (κ3) is 3.78. The summed E-state index contributed by atoms with van der Waals surface area (Å²) >= 11 is 1.77. The maximum Gasteiger partial charge on any atom is 0.0798 e. The van der Waals surface area contributed by atoms with Gasteiger partial charge >= 0.3 is 0 Å². The number of aromatic amines is 1. The Bertz CT molecular complexity index is 837. The highest BCUT2D eigenvalue weighted by Crippen LogP contribution is 2.24. The average Bonchev–Trinajstić information content (AvgIpc) is 3.31. The molecular formula is C20H26N4S. The van der Waals surface area contributed by atoms with E-state index in [0.717, 1.165) is 19.0 Å². The Balaban J connectivity index is 1.32. The maximum atomic E-state index is 4.36. The summed E-state index contributed by atoms with van der Waals surface area (Å²) < 4.78 is 0. The van der Waals surface area contributed by atoms with Gasteiger partial charge in [-0.2, -0.15) is 0 Å². The van der Waals surface area contributed by atoms with Crippen molar-refractivity contribution >= 4 is 22.2 Å². The third-order valence-electron chi connectivity index (χ3n) is 5.27. The van der Waals surface area contributed by atoms with Crippen LogP contribution in [-0.4, -0.2) is 46.4 Å². The molecule has 0 aliphatic carbocycles. The van der Waals surface area contributed by atoms with Crippen molar-refractivity contribution < 1.29 is 0 Å². The second kappa shape index (κ2) is 7.28.